The van der Waals surface area contributed by atoms with Crippen molar-refractivity contribution in [3.63, 3.8) is 0 Å². The number of rotatable bonds is 3. The Morgan fingerprint density at radius 1 is 1.22 bits per heavy atom. The minimum Gasteiger partial charge on any atom is -0.325 e. The van der Waals surface area contributed by atoms with Crippen LogP contribution in [0.5, 0.6) is 0 Å². The van der Waals surface area contributed by atoms with Crippen molar-refractivity contribution in [2.75, 3.05) is 5.32 Å². The zero-order chi connectivity index (χ0) is 12.6. The Kier molecular flexibility index (Phi) is 2.99. The van der Waals surface area contributed by atoms with Gasteiger partial charge in [-0.25, -0.2) is 0 Å². The smallest absolute Gasteiger partial charge is 0.235 e. The largest absolute Gasteiger partial charge is 0.325 e. The predicted octanol–water partition coefficient (Wildman–Crippen LogP) is 4.18. The Bertz CT molecular complexity index is 558. The molecule has 1 saturated carbocycles. The quantitative estimate of drug-likeness (QED) is 0.902. The van der Waals surface area contributed by atoms with Crippen LogP contribution >= 0.6 is 27.3 Å². The second kappa shape index (κ2) is 4.52. The fourth-order valence-corrected chi connectivity index (χ4v) is 2.98. The van der Waals surface area contributed by atoms with E-state index in [1.807, 2.05) is 41.1 Å². The molecule has 1 aliphatic rings. The number of nitrogens with one attached hydrogen (secondary N) is 1. The van der Waals surface area contributed by atoms with E-state index in [4.69, 9.17) is 0 Å². The molecule has 0 atom stereocenters. The number of anilines is 1. The molecule has 1 aliphatic carbocycles. The van der Waals surface area contributed by atoms with Gasteiger partial charge in [-0.1, -0.05) is 28.1 Å². The van der Waals surface area contributed by atoms with Crippen LogP contribution in [0.4, 0.5) is 5.69 Å². The average Bonchev–Trinajstić information content (AvgIpc) is 3.03. The highest BCUT2D eigenvalue weighted by molar-refractivity contribution is 9.10. The van der Waals surface area contributed by atoms with E-state index in [1.54, 1.807) is 11.3 Å². The van der Waals surface area contributed by atoms with Gasteiger partial charge in [-0.2, -0.15) is 11.3 Å². The maximum Gasteiger partial charge on any atom is 0.235 e. The number of carbonyl (C=O) groups is 1. The van der Waals surface area contributed by atoms with Crippen molar-refractivity contribution in [2.45, 2.75) is 18.3 Å². The predicted molar refractivity (Wildman–Crippen MR) is 78.0 cm³/mol. The minimum atomic E-state index is -0.303. The highest BCUT2D eigenvalue weighted by Crippen LogP contribution is 2.49. The number of amides is 1. The molecular weight excluding hydrogens is 310 g/mol. The van der Waals surface area contributed by atoms with Crippen LogP contribution in [0.2, 0.25) is 0 Å². The Hall–Kier alpha value is -1.13. The Morgan fingerprint density at radius 3 is 2.50 bits per heavy atom. The number of hydrogen-bond acceptors (Lipinski definition) is 2. The summed E-state index contributed by atoms with van der Waals surface area (Å²) in [6.07, 6.45) is 1.87. The number of halogens is 1. The van der Waals surface area contributed by atoms with E-state index in [1.165, 1.54) is 0 Å². The molecule has 1 heterocycles. The lowest BCUT2D eigenvalue weighted by Gasteiger charge is -2.15. The lowest BCUT2D eigenvalue weighted by Crippen LogP contribution is -2.27. The topological polar surface area (TPSA) is 29.1 Å². The summed E-state index contributed by atoms with van der Waals surface area (Å²) >= 11 is 5.01. The van der Waals surface area contributed by atoms with Crippen molar-refractivity contribution in [3.8, 4) is 0 Å². The van der Waals surface area contributed by atoms with Gasteiger partial charge in [0.1, 0.15) is 0 Å². The fraction of sp³-hybridized carbons (Fsp3) is 0.214. The van der Waals surface area contributed by atoms with Gasteiger partial charge in [0.15, 0.2) is 0 Å². The van der Waals surface area contributed by atoms with Gasteiger partial charge in [-0.05, 0) is 42.0 Å². The third-order valence-electron chi connectivity index (χ3n) is 3.36. The summed E-state index contributed by atoms with van der Waals surface area (Å²) < 4.78 is 1.04. The number of carbonyl (C=O) groups excluding carboxylic acids is 1. The molecule has 3 rings (SSSR count). The molecule has 1 amide bonds. The monoisotopic (exact) mass is 321 g/mol. The number of hydrogen-bond donors (Lipinski definition) is 1. The number of thiophene rings is 1. The van der Waals surface area contributed by atoms with Gasteiger partial charge in [0.25, 0.3) is 0 Å². The first-order valence-electron chi connectivity index (χ1n) is 5.80. The summed E-state index contributed by atoms with van der Waals surface area (Å²) in [7, 11) is 0. The van der Waals surface area contributed by atoms with E-state index < -0.39 is 0 Å². The zero-order valence-corrected chi connectivity index (χ0v) is 12.1. The maximum absolute atomic E-state index is 12.4. The summed E-state index contributed by atoms with van der Waals surface area (Å²) in [4.78, 5) is 12.4. The Morgan fingerprint density at radius 2 is 1.94 bits per heavy atom. The average molecular weight is 322 g/mol. The number of benzene rings is 1. The normalized spacial score (nSPS) is 16.3. The second-order valence-electron chi connectivity index (χ2n) is 4.56. The van der Waals surface area contributed by atoms with Crippen LogP contribution in [0.15, 0.2) is 45.6 Å². The lowest BCUT2D eigenvalue weighted by atomic mass is 9.95. The molecule has 1 aromatic heterocycles. The van der Waals surface area contributed by atoms with Gasteiger partial charge in [-0.15, -0.1) is 0 Å². The standard InChI is InChI=1S/C14H12BrNOS/c15-11-3-1-10(2-4-11)14(6-7-14)13(17)16-12-5-8-18-9-12/h1-5,8-9H,6-7H2,(H,16,17). The third-order valence-corrected chi connectivity index (χ3v) is 4.57. The molecule has 0 radical (unpaired) electrons. The summed E-state index contributed by atoms with van der Waals surface area (Å²) in [5, 5.41) is 6.92. The first kappa shape index (κ1) is 11.9. The summed E-state index contributed by atoms with van der Waals surface area (Å²) in [5.74, 6) is 0.114. The van der Waals surface area contributed by atoms with Gasteiger partial charge in [0.05, 0.1) is 11.1 Å². The van der Waals surface area contributed by atoms with Crippen molar-refractivity contribution in [3.05, 3.63) is 51.1 Å². The fourth-order valence-electron chi connectivity index (χ4n) is 2.13. The molecule has 1 N–H and O–H groups in total. The molecule has 0 aliphatic heterocycles. The van der Waals surface area contributed by atoms with E-state index in [9.17, 15) is 4.79 Å². The van der Waals surface area contributed by atoms with E-state index in [0.29, 0.717) is 0 Å². The molecule has 1 fully saturated rings. The van der Waals surface area contributed by atoms with Crippen LogP contribution in [0, 0.1) is 0 Å². The van der Waals surface area contributed by atoms with E-state index in [2.05, 4.69) is 21.2 Å². The van der Waals surface area contributed by atoms with Crippen molar-refractivity contribution in [1.29, 1.82) is 0 Å². The van der Waals surface area contributed by atoms with Gasteiger partial charge in [0, 0.05) is 9.85 Å². The van der Waals surface area contributed by atoms with Crippen molar-refractivity contribution >= 4 is 38.9 Å². The molecular formula is C14H12BrNOS. The Balaban J connectivity index is 1.82. The lowest BCUT2D eigenvalue weighted by molar-refractivity contribution is -0.118. The van der Waals surface area contributed by atoms with Crippen LogP contribution < -0.4 is 5.32 Å². The summed E-state index contributed by atoms with van der Waals surface area (Å²) in [6.45, 7) is 0. The maximum atomic E-state index is 12.4. The SMILES string of the molecule is O=C(Nc1ccsc1)C1(c2ccc(Br)cc2)CC1. The molecule has 1 aromatic carbocycles. The molecule has 2 nitrogen and oxygen atoms in total. The van der Waals surface area contributed by atoms with E-state index >= 15 is 0 Å². The molecule has 4 heteroatoms. The van der Waals surface area contributed by atoms with E-state index in [0.717, 1.165) is 28.6 Å². The molecule has 18 heavy (non-hydrogen) atoms. The first-order chi connectivity index (χ1) is 8.71. The van der Waals surface area contributed by atoms with Crippen molar-refractivity contribution in [2.24, 2.45) is 0 Å². The van der Waals surface area contributed by atoms with Crippen LogP contribution in [0.25, 0.3) is 0 Å². The molecule has 0 spiro atoms. The second-order valence-corrected chi connectivity index (χ2v) is 6.25. The van der Waals surface area contributed by atoms with Crippen LogP contribution in [0.1, 0.15) is 18.4 Å². The van der Waals surface area contributed by atoms with Crippen LogP contribution in [-0.2, 0) is 10.2 Å². The molecule has 0 unspecified atom stereocenters. The third kappa shape index (κ3) is 2.10. The van der Waals surface area contributed by atoms with Gasteiger partial charge in [0.2, 0.25) is 5.91 Å². The van der Waals surface area contributed by atoms with E-state index in [-0.39, 0.29) is 11.3 Å². The van der Waals surface area contributed by atoms with Crippen LogP contribution in [0.3, 0.4) is 0 Å². The zero-order valence-electron chi connectivity index (χ0n) is 9.65. The van der Waals surface area contributed by atoms with Crippen molar-refractivity contribution in [1.82, 2.24) is 0 Å². The first-order valence-corrected chi connectivity index (χ1v) is 7.54. The molecule has 0 saturated heterocycles. The highest BCUT2D eigenvalue weighted by atomic mass is 79.9. The van der Waals surface area contributed by atoms with Gasteiger partial charge >= 0.3 is 0 Å². The van der Waals surface area contributed by atoms with Crippen LogP contribution in [-0.4, -0.2) is 5.91 Å². The van der Waals surface area contributed by atoms with Crippen molar-refractivity contribution < 1.29 is 4.79 Å². The Labute approximate surface area is 118 Å². The minimum absolute atomic E-state index is 0.114. The summed E-state index contributed by atoms with van der Waals surface area (Å²) in [6, 6.07) is 9.98. The summed E-state index contributed by atoms with van der Waals surface area (Å²) in [5.41, 5.74) is 1.70. The highest BCUT2D eigenvalue weighted by Gasteiger charge is 2.51. The molecule has 0 bridgehead atoms. The molecule has 92 valence electrons. The van der Waals surface area contributed by atoms with Gasteiger partial charge in [-0.3, -0.25) is 4.79 Å². The van der Waals surface area contributed by atoms with Gasteiger partial charge < -0.3 is 5.32 Å². The molecule has 2 aromatic rings.